The monoisotopic (exact) mass is 418 g/mol. The van der Waals surface area contributed by atoms with Gasteiger partial charge in [-0.05, 0) is 11.6 Å². The van der Waals surface area contributed by atoms with Gasteiger partial charge in [0, 0.05) is 25.4 Å². The van der Waals surface area contributed by atoms with Gasteiger partial charge >= 0.3 is 11.6 Å². The minimum absolute atomic E-state index is 0.0502. The number of alkyl halides is 6. The number of rotatable bonds is 5. The van der Waals surface area contributed by atoms with Crippen molar-refractivity contribution in [3.8, 4) is 0 Å². The van der Waals surface area contributed by atoms with E-state index in [1.165, 1.54) is 4.90 Å². The van der Waals surface area contributed by atoms with Crippen LogP contribution in [0.2, 0.25) is 0 Å². The number of halogens is 6. The Hall–Kier alpha value is -1.37. The van der Waals surface area contributed by atoms with E-state index in [9.17, 15) is 26.7 Å². The summed E-state index contributed by atoms with van der Waals surface area (Å²) in [5.74, 6) is -1.56. The van der Waals surface area contributed by atoms with Crippen LogP contribution >= 0.6 is 22.9 Å². The van der Waals surface area contributed by atoms with Crippen molar-refractivity contribution >= 4 is 33.7 Å². The van der Waals surface area contributed by atoms with Crippen LogP contribution in [0.3, 0.4) is 0 Å². The van der Waals surface area contributed by atoms with Crippen LogP contribution < -0.4 is 0 Å². The normalized spacial score (nSPS) is 19.8. The second-order valence-corrected chi connectivity index (χ2v) is 7.50. The zero-order valence-corrected chi connectivity index (χ0v) is 14.5. The van der Waals surface area contributed by atoms with E-state index in [1.807, 2.05) is 0 Å². The fourth-order valence-corrected chi connectivity index (χ4v) is 3.84. The Labute approximate surface area is 152 Å². The van der Waals surface area contributed by atoms with Gasteiger partial charge in [0.1, 0.15) is 5.01 Å². The zero-order valence-electron chi connectivity index (χ0n) is 12.9. The van der Waals surface area contributed by atoms with E-state index in [-0.39, 0.29) is 35.3 Å². The summed E-state index contributed by atoms with van der Waals surface area (Å²) in [5, 5.41) is 9.59. The number of hydrogen-bond acceptors (Lipinski definition) is 6. The molecule has 0 saturated carbocycles. The van der Waals surface area contributed by atoms with Crippen molar-refractivity contribution in [2.45, 2.75) is 31.1 Å². The highest BCUT2D eigenvalue weighted by Crippen LogP contribution is 2.35. The summed E-state index contributed by atoms with van der Waals surface area (Å²) in [6, 6.07) is 0. The number of imidazole rings is 1. The predicted octanol–water partition coefficient (Wildman–Crippen LogP) is 2.52. The maximum absolute atomic E-state index is 13.2. The summed E-state index contributed by atoms with van der Waals surface area (Å²) in [4.78, 5) is 16.7. The first-order valence-electron chi connectivity index (χ1n) is 7.35. The van der Waals surface area contributed by atoms with Crippen molar-refractivity contribution in [1.29, 1.82) is 0 Å². The first kappa shape index (κ1) is 19.4. The van der Waals surface area contributed by atoms with Crippen molar-refractivity contribution in [2.75, 3.05) is 13.1 Å². The smallest absolute Gasteiger partial charge is 0.389 e. The van der Waals surface area contributed by atoms with Crippen LogP contribution in [0, 0.1) is 5.92 Å². The number of carbonyl (C=O) groups is 1. The summed E-state index contributed by atoms with van der Waals surface area (Å²) in [5.41, 5.74) is -1.46. The third-order valence-corrected chi connectivity index (χ3v) is 4.95. The minimum atomic E-state index is -4.74. The van der Waals surface area contributed by atoms with Crippen LogP contribution in [0.1, 0.15) is 22.8 Å². The van der Waals surface area contributed by atoms with Crippen LogP contribution in [0.5, 0.6) is 0 Å². The fraction of sp³-hybridized carbons (Fsp3) is 0.615. The van der Waals surface area contributed by atoms with E-state index in [4.69, 9.17) is 16.7 Å². The topological polar surface area (TPSA) is 70.7 Å². The Bertz CT molecular complexity index is 831. The average Bonchev–Trinajstić information content (AvgIpc) is 3.12. The quantitative estimate of drug-likeness (QED) is 0.597. The van der Waals surface area contributed by atoms with Crippen LogP contribution in [-0.2, 0) is 24.1 Å². The number of likely N-dealkylation sites (tertiary alicyclic amines) is 1. The Morgan fingerprint density at radius 3 is 2.58 bits per heavy atom. The van der Waals surface area contributed by atoms with Gasteiger partial charge in [-0.25, -0.2) is 9.50 Å². The minimum Gasteiger partial charge on any atom is -0.389 e. The molecule has 1 saturated heterocycles. The van der Waals surface area contributed by atoms with Crippen molar-refractivity contribution in [1.82, 2.24) is 19.5 Å². The molecular weight excluding hydrogens is 407 g/mol. The second-order valence-electron chi connectivity index (χ2n) is 5.91. The van der Waals surface area contributed by atoms with Crippen LogP contribution in [0.15, 0.2) is 0 Å². The van der Waals surface area contributed by atoms with Gasteiger partial charge in [0.25, 0.3) is 0 Å². The molecule has 1 N–H and O–H groups in total. The molecule has 26 heavy (non-hydrogen) atoms. The number of aliphatic hydroxyl groups is 1. The summed E-state index contributed by atoms with van der Waals surface area (Å²) in [6.45, 7) is -1.20. The molecule has 144 valence electrons. The van der Waals surface area contributed by atoms with Crippen molar-refractivity contribution < 1.29 is 31.9 Å². The largest absolute Gasteiger partial charge is 0.435 e. The molecule has 1 aliphatic heterocycles. The number of ketones is 1. The Morgan fingerprint density at radius 2 is 2.00 bits per heavy atom. The van der Waals surface area contributed by atoms with E-state index < -0.39 is 42.0 Å². The van der Waals surface area contributed by atoms with E-state index in [1.54, 1.807) is 0 Å². The number of nitrogens with zero attached hydrogens (tertiary/aromatic N) is 4. The van der Waals surface area contributed by atoms with Gasteiger partial charge in [-0.15, -0.1) is 0 Å². The number of Topliss-reactive ketones (excluding diaryl/α,β-unsaturated/α-hetero) is 1. The summed E-state index contributed by atoms with van der Waals surface area (Å²) < 4.78 is 66.5. The molecule has 13 heteroatoms. The van der Waals surface area contributed by atoms with E-state index >= 15 is 0 Å². The maximum atomic E-state index is 13.2. The summed E-state index contributed by atoms with van der Waals surface area (Å²) in [7, 11) is 0. The van der Waals surface area contributed by atoms with Gasteiger partial charge in [0.05, 0.1) is 18.8 Å². The van der Waals surface area contributed by atoms with E-state index in [0.29, 0.717) is 0 Å². The molecule has 1 fully saturated rings. The Balaban J connectivity index is 1.88. The molecule has 0 radical (unpaired) electrons. The van der Waals surface area contributed by atoms with Gasteiger partial charge in [-0.2, -0.15) is 27.1 Å². The van der Waals surface area contributed by atoms with Crippen molar-refractivity contribution in [2.24, 2.45) is 5.92 Å². The third-order valence-electron chi connectivity index (χ3n) is 3.91. The van der Waals surface area contributed by atoms with Crippen molar-refractivity contribution in [3.05, 3.63) is 16.4 Å². The summed E-state index contributed by atoms with van der Waals surface area (Å²) in [6.07, 6.45) is -5.61. The van der Waals surface area contributed by atoms with Crippen LogP contribution in [0.4, 0.5) is 22.0 Å². The third kappa shape index (κ3) is 3.97. The van der Waals surface area contributed by atoms with Crippen molar-refractivity contribution in [3.63, 3.8) is 0 Å². The number of aliphatic hydroxyl groups excluding tert-OH is 1. The molecule has 1 atom stereocenters. The summed E-state index contributed by atoms with van der Waals surface area (Å²) >= 11 is 5.66. The fourth-order valence-electron chi connectivity index (χ4n) is 2.88. The molecule has 2 aromatic heterocycles. The van der Waals surface area contributed by atoms with E-state index in [2.05, 4.69) is 10.1 Å². The molecule has 0 unspecified atom stereocenters. The van der Waals surface area contributed by atoms with E-state index in [0.717, 1.165) is 15.9 Å². The molecule has 6 nitrogen and oxygen atoms in total. The van der Waals surface area contributed by atoms with Gasteiger partial charge in [-0.3, -0.25) is 9.69 Å². The molecule has 0 aliphatic carbocycles. The molecule has 1 aliphatic rings. The molecule has 0 spiro atoms. The number of aromatic nitrogens is 3. The van der Waals surface area contributed by atoms with Gasteiger partial charge in [-0.1, -0.05) is 11.3 Å². The molecule has 3 rings (SSSR count). The lowest BCUT2D eigenvalue weighted by Gasteiger charge is -2.16. The molecule has 0 aromatic carbocycles. The predicted molar refractivity (Wildman–Crippen MR) is 81.0 cm³/mol. The lowest BCUT2D eigenvalue weighted by molar-refractivity contribution is -0.141. The maximum Gasteiger partial charge on any atom is 0.435 e. The standard InChI is InChI=1S/C13H12ClF5N4O2S/c14-12(15,16)1-6-2-22(4-8(6)25)3-7-10(13(17,18)19)20-11-23(7)21-9(5-24)26-11/h6,24H,1-5H2/t6-/m0/s1. The lowest BCUT2D eigenvalue weighted by atomic mass is 10.0. The molecule has 2 aromatic rings. The van der Waals surface area contributed by atoms with Gasteiger partial charge < -0.3 is 5.11 Å². The average molecular weight is 419 g/mol. The Morgan fingerprint density at radius 1 is 1.31 bits per heavy atom. The molecule has 0 bridgehead atoms. The van der Waals surface area contributed by atoms with Gasteiger partial charge in [0.15, 0.2) is 11.5 Å². The highest BCUT2D eigenvalue weighted by molar-refractivity contribution is 7.16. The van der Waals surface area contributed by atoms with Crippen LogP contribution in [-0.4, -0.2) is 48.9 Å². The van der Waals surface area contributed by atoms with Gasteiger partial charge in [0.2, 0.25) is 4.96 Å². The molecular formula is C13H12ClF5N4O2S. The van der Waals surface area contributed by atoms with Crippen LogP contribution in [0.25, 0.3) is 4.96 Å². The number of carbonyl (C=O) groups excluding carboxylic acids is 1. The first-order chi connectivity index (χ1) is 12.0. The lowest BCUT2D eigenvalue weighted by Crippen LogP contribution is -2.24. The molecule has 0 amide bonds. The highest BCUT2D eigenvalue weighted by atomic mass is 35.5. The first-order valence-corrected chi connectivity index (χ1v) is 8.54. The number of hydrogen-bond donors (Lipinski definition) is 1. The second kappa shape index (κ2) is 6.66. The number of fused-ring (bicyclic) bond motifs is 1. The highest BCUT2D eigenvalue weighted by Gasteiger charge is 2.42. The zero-order chi connectivity index (χ0) is 19.3. The Kier molecular flexibility index (Phi) is 4.97. The SMILES string of the molecule is O=C1CN(Cc2c(C(F)(F)F)nc3sc(CO)nn23)C[C@@H]1CC(F)(F)Cl. The molecule has 3 heterocycles.